The van der Waals surface area contributed by atoms with Crippen LogP contribution in [-0.4, -0.2) is 20.9 Å². The summed E-state index contributed by atoms with van der Waals surface area (Å²) in [6.45, 7) is 4.67. The van der Waals surface area contributed by atoms with Crippen molar-refractivity contribution in [3.05, 3.63) is 51.8 Å². The zero-order valence-corrected chi connectivity index (χ0v) is 13.1. The molecule has 1 heterocycles. The highest BCUT2D eigenvalue weighted by Gasteiger charge is 2.22. The van der Waals surface area contributed by atoms with E-state index in [2.05, 4.69) is 21.0 Å². The van der Waals surface area contributed by atoms with Crippen molar-refractivity contribution in [1.82, 2.24) is 9.78 Å². The van der Waals surface area contributed by atoms with E-state index in [9.17, 15) is 9.90 Å². The van der Waals surface area contributed by atoms with Gasteiger partial charge in [-0.15, -0.1) is 0 Å². The van der Waals surface area contributed by atoms with Gasteiger partial charge in [0.15, 0.2) is 0 Å². The van der Waals surface area contributed by atoms with Gasteiger partial charge < -0.3 is 5.11 Å². The van der Waals surface area contributed by atoms with Crippen LogP contribution >= 0.6 is 15.9 Å². The number of benzene rings is 1. The van der Waals surface area contributed by atoms with Gasteiger partial charge in [-0.3, -0.25) is 9.48 Å². The molecule has 0 amide bonds. The minimum atomic E-state index is -0.811. The van der Waals surface area contributed by atoms with Crippen LogP contribution in [0, 0.1) is 6.92 Å². The van der Waals surface area contributed by atoms with Crippen molar-refractivity contribution in [1.29, 1.82) is 0 Å². The largest absolute Gasteiger partial charge is 0.481 e. The van der Waals surface area contributed by atoms with Crippen LogP contribution in [0.25, 0.3) is 0 Å². The summed E-state index contributed by atoms with van der Waals surface area (Å²) in [6, 6.07) is 9.39. The van der Waals surface area contributed by atoms with E-state index in [1.54, 1.807) is 0 Å². The van der Waals surface area contributed by atoms with Gasteiger partial charge in [-0.05, 0) is 37.6 Å². The lowest BCUT2D eigenvalue weighted by molar-refractivity contribution is -0.138. The Balaban J connectivity index is 2.30. The van der Waals surface area contributed by atoms with E-state index in [1.807, 2.05) is 48.9 Å². The summed E-state index contributed by atoms with van der Waals surface area (Å²) < 4.78 is 2.81. The number of aromatic nitrogens is 2. The van der Waals surface area contributed by atoms with Gasteiger partial charge in [-0.25, -0.2) is 0 Å². The van der Waals surface area contributed by atoms with Gasteiger partial charge >= 0.3 is 5.97 Å². The van der Waals surface area contributed by atoms with Crippen molar-refractivity contribution >= 4 is 21.9 Å². The molecule has 0 aliphatic rings. The molecule has 0 fully saturated rings. The number of halogens is 1. The van der Waals surface area contributed by atoms with Gasteiger partial charge in [-0.1, -0.05) is 28.1 Å². The maximum atomic E-state index is 11.6. The van der Waals surface area contributed by atoms with Gasteiger partial charge in [0.2, 0.25) is 0 Å². The Labute approximate surface area is 126 Å². The number of carboxylic acid groups (broad SMARTS) is 1. The summed E-state index contributed by atoms with van der Waals surface area (Å²) in [5.74, 6) is -1.36. The second kappa shape index (κ2) is 6.22. The van der Waals surface area contributed by atoms with E-state index >= 15 is 0 Å². The minimum Gasteiger partial charge on any atom is -0.481 e. The molecule has 0 bridgehead atoms. The molecule has 0 saturated carbocycles. The van der Waals surface area contributed by atoms with Crippen LogP contribution in [0.3, 0.4) is 0 Å². The Morgan fingerprint density at radius 3 is 2.60 bits per heavy atom. The minimum absolute atomic E-state index is 0.450. The number of carbonyl (C=O) groups is 1. The van der Waals surface area contributed by atoms with Crippen molar-refractivity contribution in [3.8, 4) is 0 Å². The molecule has 1 N–H and O–H groups in total. The summed E-state index contributed by atoms with van der Waals surface area (Å²) in [5.41, 5.74) is 2.68. The summed E-state index contributed by atoms with van der Waals surface area (Å²) in [5, 5.41) is 13.9. The van der Waals surface area contributed by atoms with E-state index in [1.165, 1.54) is 0 Å². The Bertz CT molecular complexity index is 605. The number of aryl methyl sites for hydroxylation is 2. The molecule has 1 unspecified atom stereocenters. The summed E-state index contributed by atoms with van der Waals surface area (Å²) in [4.78, 5) is 11.6. The van der Waals surface area contributed by atoms with E-state index in [0.717, 1.165) is 28.0 Å². The first-order chi connectivity index (χ1) is 9.51. The zero-order valence-electron chi connectivity index (χ0n) is 11.5. The Morgan fingerprint density at radius 2 is 2.05 bits per heavy atom. The van der Waals surface area contributed by atoms with Gasteiger partial charge in [0, 0.05) is 23.1 Å². The highest BCUT2D eigenvalue weighted by molar-refractivity contribution is 9.10. The predicted octanol–water partition coefficient (Wildman–Crippen LogP) is 3.38. The maximum absolute atomic E-state index is 11.6. The summed E-state index contributed by atoms with van der Waals surface area (Å²) in [6.07, 6.45) is 0.450. The molecule has 4 nitrogen and oxygen atoms in total. The Hall–Kier alpha value is -1.62. The Morgan fingerprint density at radius 1 is 1.40 bits per heavy atom. The van der Waals surface area contributed by atoms with Crippen molar-refractivity contribution in [2.24, 2.45) is 0 Å². The second-order valence-corrected chi connectivity index (χ2v) is 5.65. The quantitative estimate of drug-likeness (QED) is 0.910. The number of aliphatic carboxylic acids is 1. The molecule has 0 radical (unpaired) electrons. The fourth-order valence-electron chi connectivity index (χ4n) is 2.29. The molecule has 1 aromatic carbocycles. The predicted molar refractivity (Wildman–Crippen MR) is 80.9 cm³/mol. The lowest BCUT2D eigenvalue weighted by Gasteiger charge is -2.13. The van der Waals surface area contributed by atoms with Crippen LogP contribution in [0.2, 0.25) is 0 Å². The van der Waals surface area contributed by atoms with Crippen LogP contribution in [0.5, 0.6) is 0 Å². The fourth-order valence-corrected chi connectivity index (χ4v) is 2.55. The molecule has 0 aliphatic carbocycles. The number of nitrogens with zero attached hydrogens (tertiary/aromatic N) is 2. The SMILES string of the molecule is CCn1nc(C)cc1CC(C(=O)O)c1ccc(Br)cc1. The van der Waals surface area contributed by atoms with Gasteiger partial charge in [-0.2, -0.15) is 5.10 Å². The molecular weight excluding hydrogens is 320 g/mol. The van der Waals surface area contributed by atoms with Crippen LogP contribution in [0.4, 0.5) is 0 Å². The topological polar surface area (TPSA) is 55.1 Å². The summed E-state index contributed by atoms with van der Waals surface area (Å²) in [7, 11) is 0. The molecule has 1 aromatic heterocycles. The standard InChI is InChI=1S/C15H17BrN2O2/c1-3-18-13(8-10(2)17-18)9-14(15(19)20)11-4-6-12(16)7-5-11/h4-8,14H,3,9H2,1-2H3,(H,19,20). The molecule has 1 atom stereocenters. The first-order valence-electron chi connectivity index (χ1n) is 6.53. The van der Waals surface area contributed by atoms with Crippen molar-refractivity contribution in [2.45, 2.75) is 32.7 Å². The lowest BCUT2D eigenvalue weighted by Crippen LogP contribution is -2.16. The van der Waals surface area contributed by atoms with E-state index in [-0.39, 0.29) is 0 Å². The number of carboxylic acids is 1. The normalized spacial score (nSPS) is 12.3. The monoisotopic (exact) mass is 336 g/mol. The number of hydrogen-bond acceptors (Lipinski definition) is 2. The van der Waals surface area contributed by atoms with Gasteiger partial charge in [0.05, 0.1) is 11.6 Å². The third kappa shape index (κ3) is 3.28. The fraction of sp³-hybridized carbons (Fsp3) is 0.333. The zero-order chi connectivity index (χ0) is 14.7. The van der Waals surface area contributed by atoms with Crippen molar-refractivity contribution in [2.75, 3.05) is 0 Å². The van der Waals surface area contributed by atoms with E-state index < -0.39 is 11.9 Å². The average Bonchev–Trinajstić information content (AvgIpc) is 2.77. The van der Waals surface area contributed by atoms with Crippen LogP contribution in [-0.2, 0) is 17.8 Å². The lowest BCUT2D eigenvalue weighted by atomic mass is 9.94. The van der Waals surface area contributed by atoms with Crippen LogP contribution in [0.15, 0.2) is 34.8 Å². The first kappa shape index (κ1) is 14.8. The number of hydrogen-bond donors (Lipinski definition) is 1. The molecule has 5 heteroatoms. The van der Waals surface area contributed by atoms with E-state index in [0.29, 0.717) is 6.42 Å². The van der Waals surface area contributed by atoms with Crippen molar-refractivity contribution < 1.29 is 9.90 Å². The van der Waals surface area contributed by atoms with Crippen LogP contribution in [0.1, 0.15) is 29.8 Å². The molecule has 0 spiro atoms. The Kier molecular flexibility index (Phi) is 4.60. The highest BCUT2D eigenvalue weighted by atomic mass is 79.9. The van der Waals surface area contributed by atoms with Gasteiger partial charge in [0.1, 0.15) is 0 Å². The van der Waals surface area contributed by atoms with Crippen molar-refractivity contribution in [3.63, 3.8) is 0 Å². The van der Waals surface area contributed by atoms with E-state index in [4.69, 9.17) is 0 Å². The molecule has 0 aliphatic heterocycles. The maximum Gasteiger partial charge on any atom is 0.311 e. The molecule has 20 heavy (non-hydrogen) atoms. The third-order valence-corrected chi connectivity index (χ3v) is 3.80. The number of rotatable bonds is 5. The summed E-state index contributed by atoms with van der Waals surface area (Å²) >= 11 is 3.36. The molecule has 0 saturated heterocycles. The van der Waals surface area contributed by atoms with Crippen LogP contribution < -0.4 is 0 Å². The highest BCUT2D eigenvalue weighted by Crippen LogP contribution is 2.23. The van der Waals surface area contributed by atoms with Gasteiger partial charge in [0.25, 0.3) is 0 Å². The first-order valence-corrected chi connectivity index (χ1v) is 7.32. The second-order valence-electron chi connectivity index (χ2n) is 4.74. The molecule has 2 aromatic rings. The average molecular weight is 337 g/mol. The molecule has 106 valence electrons. The molecular formula is C15H17BrN2O2. The third-order valence-electron chi connectivity index (χ3n) is 3.27. The molecule has 2 rings (SSSR count). The smallest absolute Gasteiger partial charge is 0.311 e.